The molecule has 0 unspecified atom stereocenters. The van der Waals surface area contributed by atoms with Crippen LogP contribution in [0, 0.1) is 0 Å². The Kier molecular flexibility index (Phi) is 5.40. The Morgan fingerprint density at radius 1 is 0.323 bits per heavy atom. The van der Waals surface area contributed by atoms with Gasteiger partial charge in [0.15, 0.2) is 0 Å². The SMILES string of the molecule is Oc1ccc(Oc2cc(Oc3ccc(O)cc3)cc(Oc3cc(O)cc(O)c3)c2)cc1. The van der Waals surface area contributed by atoms with E-state index in [2.05, 4.69) is 0 Å². The first-order valence-electron chi connectivity index (χ1n) is 9.23. The smallest absolute Gasteiger partial charge is 0.134 e. The Bertz CT molecular complexity index is 1100. The molecule has 0 aromatic heterocycles. The Balaban J connectivity index is 1.66. The third-order valence-corrected chi connectivity index (χ3v) is 4.11. The van der Waals surface area contributed by atoms with Crippen LogP contribution in [0.2, 0.25) is 0 Å². The molecule has 0 radical (unpaired) electrons. The normalized spacial score (nSPS) is 10.5. The van der Waals surface area contributed by atoms with Gasteiger partial charge in [-0.15, -0.1) is 0 Å². The molecule has 0 aliphatic rings. The molecule has 4 N–H and O–H groups in total. The third-order valence-electron chi connectivity index (χ3n) is 4.11. The summed E-state index contributed by atoms with van der Waals surface area (Å²) < 4.78 is 17.5. The van der Waals surface area contributed by atoms with Gasteiger partial charge in [0.2, 0.25) is 0 Å². The highest BCUT2D eigenvalue weighted by molar-refractivity contribution is 5.49. The van der Waals surface area contributed by atoms with E-state index in [1.807, 2.05) is 0 Å². The zero-order chi connectivity index (χ0) is 21.8. The topological polar surface area (TPSA) is 109 Å². The van der Waals surface area contributed by atoms with Crippen LogP contribution in [0.15, 0.2) is 84.9 Å². The van der Waals surface area contributed by atoms with Gasteiger partial charge in [-0.25, -0.2) is 0 Å². The summed E-state index contributed by atoms with van der Waals surface area (Å²) in [5.74, 6) is 2.24. The molecular weight excluding hydrogens is 400 g/mol. The summed E-state index contributed by atoms with van der Waals surface area (Å²) in [7, 11) is 0. The van der Waals surface area contributed by atoms with Crippen LogP contribution in [0.25, 0.3) is 0 Å². The molecule has 0 fully saturated rings. The number of phenols is 4. The maximum Gasteiger partial charge on any atom is 0.134 e. The lowest BCUT2D eigenvalue weighted by molar-refractivity contribution is 0.423. The average molecular weight is 418 g/mol. The Morgan fingerprint density at radius 3 is 1.03 bits per heavy atom. The van der Waals surface area contributed by atoms with E-state index in [9.17, 15) is 20.4 Å². The molecule has 0 spiro atoms. The number of benzene rings is 4. The van der Waals surface area contributed by atoms with Gasteiger partial charge in [0, 0.05) is 36.4 Å². The summed E-state index contributed by atoms with van der Waals surface area (Å²) in [5.41, 5.74) is 0. The fourth-order valence-electron chi connectivity index (χ4n) is 2.79. The second-order valence-electron chi connectivity index (χ2n) is 6.62. The monoisotopic (exact) mass is 418 g/mol. The van der Waals surface area contributed by atoms with Crippen LogP contribution in [0.5, 0.6) is 57.5 Å². The van der Waals surface area contributed by atoms with Crippen molar-refractivity contribution in [3.8, 4) is 57.5 Å². The maximum absolute atomic E-state index is 9.69. The van der Waals surface area contributed by atoms with Crippen LogP contribution in [-0.2, 0) is 0 Å². The minimum absolute atomic E-state index is 0.115. The first kappa shape index (κ1) is 19.8. The van der Waals surface area contributed by atoms with Crippen LogP contribution >= 0.6 is 0 Å². The van der Waals surface area contributed by atoms with Gasteiger partial charge >= 0.3 is 0 Å². The predicted molar refractivity (Wildman–Crippen MR) is 113 cm³/mol. The summed E-state index contributed by atoms with van der Waals surface area (Å²) in [5, 5.41) is 38.3. The van der Waals surface area contributed by atoms with Crippen molar-refractivity contribution in [2.24, 2.45) is 0 Å². The van der Waals surface area contributed by atoms with Crippen LogP contribution in [0.3, 0.4) is 0 Å². The van der Waals surface area contributed by atoms with Gasteiger partial charge in [-0.2, -0.15) is 0 Å². The highest BCUT2D eigenvalue weighted by Crippen LogP contribution is 2.37. The van der Waals surface area contributed by atoms with Crippen molar-refractivity contribution in [1.82, 2.24) is 0 Å². The average Bonchev–Trinajstić information content (AvgIpc) is 2.71. The molecule has 4 rings (SSSR count). The maximum atomic E-state index is 9.69. The van der Waals surface area contributed by atoms with E-state index >= 15 is 0 Å². The molecular formula is C24H18O7. The molecule has 0 heterocycles. The summed E-state index contributed by atoms with van der Waals surface area (Å²) >= 11 is 0. The fourth-order valence-corrected chi connectivity index (χ4v) is 2.79. The van der Waals surface area contributed by atoms with Gasteiger partial charge in [-0.3, -0.25) is 0 Å². The number of hydrogen-bond acceptors (Lipinski definition) is 7. The fraction of sp³-hybridized carbons (Fsp3) is 0. The third kappa shape index (κ3) is 5.30. The summed E-state index contributed by atoms with van der Waals surface area (Å²) in [6.07, 6.45) is 0. The van der Waals surface area contributed by atoms with Crippen LogP contribution in [-0.4, -0.2) is 20.4 Å². The van der Waals surface area contributed by atoms with E-state index in [0.717, 1.165) is 0 Å². The molecule has 0 amide bonds. The summed E-state index contributed by atoms with van der Waals surface area (Å²) in [6.45, 7) is 0. The molecule has 156 valence electrons. The van der Waals surface area contributed by atoms with Gasteiger partial charge in [-0.05, 0) is 48.5 Å². The lowest BCUT2D eigenvalue weighted by atomic mass is 10.2. The molecule has 7 nitrogen and oxygen atoms in total. The quantitative estimate of drug-likeness (QED) is 0.309. The van der Waals surface area contributed by atoms with Crippen molar-refractivity contribution in [1.29, 1.82) is 0 Å². The zero-order valence-corrected chi connectivity index (χ0v) is 16.1. The van der Waals surface area contributed by atoms with Crippen LogP contribution < -0.4 is 14.2 Å². The van der Waals surface area contributed by atoms with E-state index < -0.39 is 0 Å². The number of phenolic OH excluding ortho intramolecular Hbond substituents is 4. The van der Waals surface area contributed by atoms with E-state index in [1.165, 1.54) is 42.5 Å². The lowest BCUT2D eigenvalue weighted by Gasteiger charge is -2.13. The minimum atomic E-state index is -0.146. The van der Waals surface area contributed by atoms with Crippen molar-refractivity contribution >= 4 is 0 Å². The molecule has 7 heteroatoms. The number of ether oxygens (including phenoxy) is 3. The number of hydrogen-bond donors (Lipinski definition) is 4. The van der Waals surface area contributed by atoms with Crippen molar-refractivity contribution < 1.29 is 34.6 Å². The van der Waals surface area contributed by atoms with Crippen LogP contribution in [0.1, 0.15) is 0 Å². The molecule has 4 aromatic carbocycles. The first-order valence-corrected chi connectivity index (χ1v) is 9.23. The Hall–Kier alpha value is -4.52. The highest BCUT2D eigenvalue weighted by Gasteiger charge is 2.10. The van der Waals surface area contributed by atoms with Crippen molar-refractivity contribution in [3.63, 3.8) is 0 Å². The van der Waals surface area contributed by atoms with Gasteiger partial charge in [0.25, 0.3) is 0 Å². The molecule has 0 saturated heterocycles. The molecule has 0 aliphatic heterocycles. The van der Waals surface area contributed by atoms with E-state index in [1.54, 1.807) is 42.5 Å². The van der Waals surface area contributed by atoms with Crippen molar-refractivity contribution in [2.75, 3.05) is 0 Å². The number of rotatable bonds is 6. The van der Waals surface area contributed by atoms with E-state index in [4.69, 9.17) is 14.2 Å². The molecule has 0 bridgehead atoms. The van der Waals surface area contributed by atoms with E-state index in [-0.39, 0.29) is 28.7 Å². The second-order valence-corrected chi connectivity index (χ2v) is 6.62. The van der Waals surface area contributed by atoms with Gasteiger partial charge < -0.3 is 34.6 Å². The minimum Gasteiger partial charge on any atom is -0.508 e. The van der Waals surface area contributed by atoms with Crippen molar-refractivity contribution in [2.45, 2.75) is 0 Å². The van der Waals surface area contributed by atoms with Crippen molar-refractivity contribution in [3.05, 3.63) is 84.9 Å². The first-order chi connectivity index (χ1) is 14.9. The molecule has 31 heavy (non-hydrogen) atoms. The molecule has 0 saturated carbocycles. The van der Waals surface area contributed by atoms with Gasteiger partial charge in [-0.1, -0.05) is 0 Å². The molecule has 4 aromatic rings. The van der Waals surface area contributed by atoms with Crippen LogP contribution in [0.4, 0.5) is 0 Å². The van der Waals surface area contributed by atoms with Gasteiger partial charge in [0.1, 0.15) is 57.5 Å². The molecule has 0 atom stereocenters. The predicted octanol–water partition coefficient (Wildman–Crippen LogP) is 5.89. The molecule has 0 aliphatic carbocycles. The Labute approximate surface area is 177 Å². The highest BCUT2D eigenvalue weighted by atomic mass is 16.5. The Morgan fingerprint density at radius 2 is 0.645 bits per heavy atom. The number of aromatic hydroxyl groups is 4. The van der Waals surface area contributed by atoms with E-state index in [0.29, 0.717) is 28.7 Å². The lowest BCUT2D eigenvalue weighted by Crippen LogP contribution is -1.91. The standard InChI is InChI=1S/C24H18O7/c25-15-1-5-19(6-2-15)29-22-12-23(30-20-7-3-16(26)4-8-20)14-24(13-22)31-21-10-17(27)9-18(28)11-21/h1-14,25-28H. The largest absolute Gasteiger partial charge is 0.508 e. The second kappa shape index (κ2) is 8.46. The summed E-state index contributed by atoms with van der Waals surface area (Å²) in [6, 6.07) is 21.2. The summed E-state index contributed by atoms with van der Waals surface area (Å²) in [4.78, 5) is 0. The zero-order valence-electron chi connectivity index (χ0n) is 16.1. The van der Waals surface area contributed by atoms with Gasteiger partial charge in [0.05, 0.1) is 0 Å².